The number of hydrogen-bond donors (Lipinski definition) is 2. The van der Waals surface area contributed by atoms with E-state index in [1.54, 1.807) is 31.5 Å². The fourth-order valence-corrected chi connectivity index (χ4v) is 3.82. The average molecular weight is 417 g/mol. The van der Waals surface area contributed by atoms with Crippen molar-refractivity contribution in [3.63, 3.8) is 0 Å². The van der Waals surface area contributed by atoms with Gasteiger partial charge in [0.25, 0.3) is 0 Å². The number of amides is 1. The minimum atomic E-state index is -0.433. The Morgan fingerprint density at radius 3 is 2.74 bits per heavy atom. The van der Waals surface area contributed by atoms with Crippen molar-refractivity contribution < 1.29 is 13.9 Å². The fraction of sp³-hybridized carbons (Fsp3) is 0.200. The first kappa shape index (κ1) is 20.6. The lowest BCUT2D eigenvalue weighted by molar-refractivity contribution is -0.121. The molecular formula is C25H24FN3O2. The molecule has 158 valence electrons. The molecule has 4 aromatic rings. The number of methoxy groups -OCH3 is 1. The SMILES string of the molecule is COc1ccc2[nH]cc([C@H](CC(=O)NCCc3ccccn3)c3ccccc3F)c2c1. The predicted octanol–water partition coefficient (Wildman–Crippen LogP) is 4.59. The number of aromatic nitrogens is 2. The van der Waals surface area contributed by atoms with Crippen molar-refractivity contribution >= 4 is 16.8 Å². The molecule has 2 N–H and O–H groups in total. The number of halogens is 1. The van der Waals surface area contributed by atoms with Gasteiger partial charge in [-0.15, -0.1) is 0 Å². The Labute approximate surface area is 180 Å². The molecule has 0 fully saturated rings. The molecule has 0 unspecified atom stereocenters. The van der Waals surface area contributed by atoms with Crippen molar-refractivity contribution in [3.05, 3.63) is 95.7 Å². The summed E-state index contributed by atoms with van der Waals surface area (Å²) in [5.74, 6) is -0.190. The van der Waals surface area contributed by atoms with Crippen LogP contribution in [0.2, 0.25) is 0 Å². The number of pyridine rings is 1. The number of aromatic amines is 1. The van der Waals surface area contributed by atoms with Crippen LogP contribution in [-0.4, -0.2) is 29.5 Å². The zero-order valence-electron chi connectivity index (χ0n) is 17.3. The van der Waals surface area contributed by atoms with E-state index in [0.29, 0.717) is 24.3 Å². The molecular weight excluding hydrogens is 393 g/mol. The number of rotatable bonds is 8. The minimum absolute atomic E-state index is 0.132. The highest BCUT2D eigenvalue weighted by atomic mass is 19.1. The van der Waals surface area contributed by atoms with Crippen molar-refractivity contribution in [1.82, 2.24) is 15.3 Å². The Morgan fingerprint density at radius 1 is 1.13 bits per heavy atom. The second kappa shape index (κ2) is 9.43. The van der Waals surface area contributed by atoms with E-state index >= 15 is 0 Å². The predicted molar refractivity (Wildman–Crippen MR) is 119 cm³/mol. The Bertz CT molecular complexity index is 1170. The molecule has 0 aliphatic carbocycles. The highest BCUT2D eigenvalue weighted by Gasteiger charge is 2.24. The van der Waals surface area contributed by atoms with Crippen LogP contribution in [-0.2, 0) is 11.2 Å². The number of hydrogen-bond acceptors (Lipinski definition) is 3. The largest absolute Gasteiger partial charge is 0.497 e. The van der Waals surface area contributed by atoms with Gasteiger partial charge in [-0.3, -0.25) is 9.78 Å². The summed E-state index contributed by atoms with van der Waals surface area (Å²) in [5.41, 5.74) is 3.18. The van der Waals surface area contributed by atoms with Crippen molar-refractivity contribution in [2.75, 3.05) is 13.7 Å². The molecule has 0 saturated carbocycles. The monoisotopic (exact) mass is 417 g/mol. The molecule has 0 aliphatic rings. The lowest BCUT2D eigenvalue weighted by atomic mass is 9.87. The molecule has 1 amide bonds. The van der Waals surface area contributed by atoms with Gasteiger partial charge in [-0.2, -0.15) is 0 Å². The number of H-pyrrole nitrogens is 1. The highest BCUT2D eigenvalue weighted by Crippen LogP contribution is 2.36. The molecule has 6 heteroatoms. The Kier molecular flexibility index (Phi) is 6.26. The quantitative estimate of drug-likeness (QED) is 0.441. The number of nitrogens with one attached hydrogen (secondary N) is 2. The molecule has 31 heavy (non-hydrogen) atoms. The van der Waals surface area contributed by atoms with Crippen molar-refractivity contribution in [3.8, 4) is 5.75 Å². The van der Waals surface area contributed by atoms with Crippen LogP contribution in [0.4, 0.5) is 4.39 Å². The maximum atomic E-state index is 14.7. The number of carbonyl (C=O) groups excluding carboxylic acids is 1. The van der Waals surface area contributed by atoms with E-state index in [-0.39, 0.29) is 18.1 Å². The molecule has 5 nitrogen and oxygen atoms in total. The summed E-state index contributed by atoms with van der Waals surface area (Å²) in [5, 5.41) is 3.86. The van der Waals surface area contributed by atoms with Crippen LogP contribution in [0.5, 0.6) is 5.75 Å². The maximum Gasteiger partial charge on any atom is 0.220 e. The molecule has 1 atom stereocenters. The van der Waals surface area contributed by atoms with E-state index in [1.165, 1.54) is 6.07 Å². The summed E-state index contributed by atoms with van der Waals surface area (Å²) in [6.45, 7) is 0.474. The van der Waals surface area contributed by atoms with Gasteiger partial charge >= 0.3 is 0 Å². The van der Waals surface area contributed by atoms with Gasteiger partial charge in [-0.25, -0.2) is 4.39 Å². The Morgan fingerprint density at radius 2 is 1.97 bits per heavy atom. The standard InChI is InChI=1S/C25H24FN3O2/c1-31-18-9-10-24-21(14-18)22(16-29-24)20(19-7-2-3-8-23(19)26)15-25(30)28-13-11-17-6-4-5-12-27-17/h2-10,12,14,16,20,29H,11,13,15H2,1H3,(H,28,30)/t20-/m1/s1. The number of nitrogens with zero attached hydrogens (tertiary/aromatic N) is 1. The van der Waals surface area contributed by atoms with Gasteiger partial charge in [0.2, 0.25) is 5.91 Å². The third-order valence-corrected chi connectivity index (χ3v) is 5.40. The van der Waals surface area contributed by atoms with E-state index in [1.807, 2.05) is 42.6 Å². The number of ether oxygens (including phenoxy) is 1. The molecule has 4 rings (SSSR count). The van der Waals surface area contributed by atoms with E-state index in [4.69, 9.17) is 4.74 Å². The Hall–Kier alpha value is -3.67. The third-order valence-electron chi connectivity index (χ3n) is 5.40. The fourth-order valence-electron chi connectivity index (χ4n) is 3.82. The highest BCUT2D eigenvalue weighted by molar-refractivity contribution is 5.87. The summed E-state index contributed by atoms with van der Waals surface area (Å²) in [6.07, 6.45) is 4.35. The second-order valence-electron chi connectivity index (χ2n) is 7.35. The first-order chi connectivity index (χ1) is 15.2. The summed E-state index contributed by atoms with van der Waals surface area (Å²) >= 11 is 0. The van der Waals surface area contributed by atoms with Gasteiger partial charge < -0.3 is 15.0 Å². The van der Waals surface area contributed by atoms with Crippen LogP contribution in [0.25, 0.3) is 10.9 Å². The van der Waals surface area contributed by atoms with Crippen molar-refractivity contribution in [1.29, 1.82) is 0 Å². The van der Waals surface area contributed by atoms with Crippen molar-refractivity contribution in [2.24, 2.45) is 0 Å². The van der Waals surface area contributed by atoms with Crippen LogP contribution >= 0.6 is 0 Å². The Balaban J connectivity index is 1.58. The van der Waals surface area contributed by atoms with Gasteiger partial charge in [-0.1, -0.05) is 24.3 Å². The molecule has 0 saturated heterocycles. The number of carbonyl (C=O) groups is 1. The number of benzene rings is 2. The van der Waals surface area contributed by atoms with Gasteiger partial charge in [-0.05, 0) is 47.5 Å². The lowest BCUT2D eigenvalue weighted by Gasteiger charge is -2.18. The van der Waals surface area contributed by atoms with Crippen LogP contribution in [0, 0.1) is 5.82 Å². The second-order valence-corrected chi connectivity index (χ2v) is 7.35. The zero-order valence-corrected chi connectivity index (χ0v) is 17.3. The lowest BCUT2D eigenvalue weighted by Crippen LogP contribution is -2.27. The van der Waals surface area contributed by atoms with Crippen LogP contribution < -0.4 is 10.1 Å². The zero-order chi connectivity index (χ0) is 21.6. The van der Waals surface area contributed by atoms with E-state index in [0.717, 1.165) is 22.2 Å². The third kappa shape index (κ3) is 4.74. The molecule has 0 spiro atoms. The van der Waals surface area contributed by atoms with Crippen LogP contribution in [0.3, 0.4) is 0 Å². The minimum Gasteiger partial charge on any atom is -0.497 e. The summed E-state index contributed by atoms with van der Waals surface area (Å²) in [4.78, 5) is 20.3. The summed E-state index contributed by atoms with van der Waals surface area (Å²) < 4.78 is 20.1. The van der Waals surface area contributed by atoms with Crippen LogP contribution in [0.1, 0.15) is 29.2 Å². The molecule has 2 aromatic carbocycles. The van der Waals surface area contributed by atoms with Gasteiger partial charge in [0.1, 0.15) is 11.6 Å². The van der Waals surface area contributed by atoms with Crippen molar-refractivity contribution in [2.45, 2.75) is 18.8 Å². The number of fused-ring (bicyclic) bond motifs is 1. The van der Waals surface area contributed by atoms with E-state index < -0.39 is 5.92 Å². The normalized spacial score (nSPS) is 11.9. The van der Waals surface area contributed by atoms with Gasteiger partial charge in [0.15, 0.2) is 0 Å². The molecule has 2 heterocycles. The molecule has 2 aromatic heterocycles. The van der Waals surface area contributed by atoms with Gasteiger partial charge in [0, 0.05) is 54.3 Å². The summed E-state index contributed by atoms with van der Waals surface area (Å²) in [7, 11) is 1.61. The topological polar surface area (TPSA) is 67.0 Å². The van der Waals surface area contributed by atoms with Crippen LogP contribution in [0.15, 0.2) is 73.1 Å². The van der Waals surface area contributed by atoms with E-state index in [9.17, 15) is 9.18 Å². The molecule has 0 bridgehead atoms. The smallest absolute Gasteiger partial charge is 0.220 e. The first-order valence-corrected chi connectivity index (χ1v) is 10.2. The maximum absolute atomic E-state index is 14.7. The summed E-state index contributed by atoms with van der Waals surface area (Å²) in [6, 6.07) is 18.0. The average Bonchev–Trinajstić information content (AvgIpc) is 3.21. The van der Waals surface area contributed by atoms with Gasteiger partial charge in [0.05, 0.1) is 7.11 Å². The molecule has 0 aliphatic heterocycles. The molecule has 0 radical (unpaired) electrons. The van der Waals surface area contributed by atoms with E-state index in [2.05, 4.69) is 15.3 Å². The first-order valence-electron chi connectivity index (χ1n) is 10.2.